The van der Waals surface area contributed by atoms with Gasteiger partial charge in [0.15, 0.2) is 0 Å². The summed E-state index contributed by atoms with van der Waals surface area (Å²) >= 11 is 0. The highest BCUT2D eigenvalue weighted by Crippen LogP contribution is 2.23. The summed E-state index contributed by atoms with van der Waals surface area (Å²) in [5, 5.41) is 0. The minimum Gasteiger partial charge on any atom is -0.497 e. The van der Waals surface area contributed by atoms with Gasteiger partial charge in [0.25, 0.3) is 0 Å². The third-order valence-corrected chi connectivity index (χ3v) is 2.11. The summed E-state index contributed by atoms with van der Waals surface area (Å²) in [5.74, 6) is 7.44. The Hall–Kier alpha value is -1.75. The number of benzene rings is 1. The Morgan fingerprint density at radius 3 is 2.62 bits per heavy atom. The number of nitrogens with two attached hydrogens (primary N) is 1. The number of nitrogens with zero attached hydrogens (tertiary/aromatic N) is 1. The van der Waals surface area contributed by atoms with Crippen LogP contribution in [0.4, 0.5) is 0 Å². The summed E-state index contributed by atoms with van der Waals surface area (Å²) in [6.45, 7) is 2.57. The molecule has 0 heterocycles. The molecule has 3 N–H and O–H groups in total. The Bertz CT molecular complexity index is 377. The second kappa shape index (κ2) is 5.97. The van der Waals surface area contributed by atoms with Crippen molar-refractivity contribution in [3.63, 3.8) is 0 Å². The smallest absolute Gasteiger partial charge is 0.146 e. The number of methoxy groups -OCH3 is 2. The zero-order chi connectivity index (χ0) is 12.0. The van der Waals surface area contributed by atoms with Crippen molar-refractivity contribution < 1.29 is 9.47 Å². The van der Waals surface area contributed by atoms with E-state index in [1.54, 1.807) is 14.2 Å². The first-order valence-corrected chi connectivity index (χ1v) is 5.00. The van der Waals surface area contributed by atoms with Crippen molar-refractivity contribution in [1.29, 1.82) is 0 Å². The van der Waals surface area contributed by atoms with Gasteiger partial charge in [0.05, 0.1) is 19.8 Å². The Morgan fingerprint density at radius 1 is 1.38 bits per heavy atom. The van der Waals surface area contributed by atoms with Crippen molar-refractivity contribution in [2.75, 3.05) is 20.8 Å². The summed E-state index contributed by atoms with van der Waals surface area (Å²) in [5.41, 5.74) is 3.34. The van der Waals surface area contributed by atoms with Crippen LogP contribution in [-0.4, -0.2) is 26.6 Å². The van der Waals surface area contributed by atoms with Gasteiger partial charge in [-0.3, -0.25) is 4.99 Å². The van der Waals surface area contributed by atoms with Crippen LogP contribution in [0.1, 0.15) is 12.5 Å². The standard InChI is InChI=1S/C11H17N3O2/c1-4-13-11(14-12)9-7-8(15-2)5-6-10(9)16-3/h5-7H,4,12H2,1-3H3,(H,13,14). The number of hydrazine groups is 1. The molecule has 88 valence electrons. The molecule has 0 aliphatic carbocycles. The average Bonchev–Trinajstić information content (AvgIpc) is 2.35. The number of nitrogens with one attached hydrogen (secondary N) is 1. The molecule has 0 aliphatic rings. The molecular weight excluding hydrogens is 206 g/mol. The van der Waals surface area contributed by atoms with E-state index in [0.29, 0.717) is 18.1 Å². The maximum Gasteiger partial charge on any atom is 0.146 e. The number of hydrogen-bond donors (Lipinski definition) is 2. The Labute approximate surface area is 95.2 Å². The minimum atomic E-state index is 0.582. The van der Waals surface area contributed by atoms with Crippen LogP contribution in [0.15, 0.2) is 23.2 Å². The molecule has 1 aromatic rings. The number of aliphatic imine (C=N–C) groups is 1. The first-order valence-electron chi connectivity index (χ1n) is 5.00. The van der Waals surface area contributed by atoms with E-state index in [1.807, 2.05) is 25.1 Å². The predicted molar refractivity (Wildman–Crippen MR) is 63.9 cm³/mol. The van der Waals surface area contributed by atoms with Crippen molar-refractivity contribution in [2.24, 2.45) is 10.8 Å². The van der Waals surface area contributed by atoms with Crippen LogP contribution in [0, 0.1) is 0 Å². The van der Waals surface area contributed by atoms with Gasteiger partial charge in [0.1, 0.15) is 17.3 Å². The van der Waals surface area contributed by atoms with E-state index in [-0.39, 0.29) is 0 Å². The highest BCUT2D eigenvalue weighted by molar-refractivity contribution is 6.01. The second-order valence-electron chi connectivity index (χ2n) is 3.03. The van der Waals surface area contributed by atoms with Crippen LogP contribution >= 0.6 is 0 Å². The first-order chi connectivity index (χ1) is 7.76. The number of rotatable bonds is 4. The van der Waals surface area contributed by atoms with E-state index < -0.39 is 0 Å². The fourth-order valence-electron chi connectivity index (χ4n) is 1.37. The second-order valence-corrected chi connectivity index (χ2v) is 3.03. The molecule has 1 aromatic carbocycles. The van der Waals surface area contributed by atoms with Crippen LogP contribution in [0.2, 0.25) is 0 Å². The number of ether oxygens (including phenoxy) is 2. The lowest BCUT2D eigenvalue weighted by molar-refractivity contribution is 0.402. The zero-order valence-electron chi connectivity index (χ0n) is 9.78. The van der Waals surface area contributed by atoms with Crippen LogP contribution in [0.3, 0.4) is 0 Å². The molecule has 0 amide bonds. The van der Waals surface area contributed by atoms with Gasteiger partial charge >= 0.3 is 0 Å². The normalized spacial score (nSPS) is 11.1. The summed E-state index contributed by atoms with van der Waals surface area (Å²) in [7, 11) is 3.21. The van der Waals surface area contributed by atoms with Crippen LogP contribution < -0.4 is 20.7 Å². The molecule has 0 unspecified atom stereocenters. The number of hydrogen-bond acceptors (Lipinski definition) is 4. The monoisotopic (exact) mass is 223 g/mol. The summed E-state index contributed by atoms with van der Waals surface area (Å²) < 4.78 is 10.4. The summed E-state index contributed by atoms with van der Waals surface area (Å²) in [4.78, 5) is 4.24. The van der Waals surface area contributed by atoms with Gasteiger partial charge in [0, 0.05) is 6.54 Å². The van der Waals surface area contributed by atoms with Gasteiger partial charge in [-0.15, -0.1) is 0 Å². The first kappa shape index (κ1) is 12.3. The molecule has 0 spiro atoms. The Morgan fingerprint density at radius 2 is 2.12 bits per heavy atom. The third-order valence-electron chi connectivity index (χ3n) is 2.11. The zero-order valence-corrected chi connectivity index (χ0v) is 9.78. The average molecular weight is 223 g/mol. The van der Waals surface area contributed by atoms with Crippen molar-refractivity contribution in [2.45, 2.75) is 6.92 Å². The molecule has 0 radical (unpaired) electrons. The molecule has 0 saturated carbocycles. The molecule has 0 fully saturated rings. The topological polar surface area (TPSA) is 68.9 Å². The molecule has 0 aliphatic heterocycles. The minimum absolute atomic E-state index is 0.582. The predicted octanol–water partition coefficient (Wildman–Crippen LogP) is 0.934. The van der Waals surface area contributed by atoms with Crippen molar-refractivity contribution in [1.82, 2.24) is 5.43 Å². The maximum absolute atomic E-state index is 5.43. The molecule has 0 saturated heterocycles. The van der Waals surface area contributed by atoms with E-state index in [9.17, 15) is 0 Å². The maximum atomic E-state index is 5.43. The van der Waals surface area contributed by atoms with Crippen molar-refractivity contribution in [3.8, 4) is 11.5 Å². The van der Waals surface area contributed by atoms with E-state index in [4.69, 9.17) is 15.3 Å². The highest BCUT2D eigenvalue weighted by Gasteiger charge is 2.10. The van der Waals surface area contributed by atoms with Gasteiger partial charge in [-0.05, 0) is 25.1 Å². The SMILES string of the molecule is CCN=C(NN)c1cc(OC)ccc1OC. The molecular formula is C11H17N3O2. The van der Waals surface area contributed by atoms with Gasteiger partial charge in [0.2, 0.25) is 0 Å². The molecule has 0 bridgehead atoms. The van der Waals surface area contributed by atoms with E-state index in [0.717, 1.165) is 11.3 Å². The molecule has 5 nitrogen and oxygen atoms in total. The van der Waals surface area contributed by atoms with Crippen LogP contribution in [0.5, 0.6) is 11.5 Å². The molecule has 1 rings (SSSR count). The van der Waals surface area contributed by atoms with Gasteiger partial charge in [-0.1, -0.05) is 0 Å². The lowest BCUT2D eigenvalue weighted by Crippen LogP contribution is -2.31. The van der Waals surface area contributed by atoms with Gasteiger partial charge < -0.3 is 14.9 Å². The lowest BCUT2D eigenvalue weighted by Gasteiger charge is -2.12. The lowest BCUT2D eigenvalue weighted by atomic mass is 10.1. The Balaban J connectivity index is 3.21. The van der Waals surface area contributed by atoms with Crippen molar-refractivity contribution in [3.05, 3.63) is 23.8 Å². The van der Waals surface area contributed by atoms with Crippen molar-refractivity contribution >= 4 is 5.84 Å². The quantitative estimate of drug-likeness (QED) is 0.345. The van der Waals surface area contributed by atoms with E-state index >= 15 is 0 Å². The third kappa shape index (κ3) is 2.64. The fraction of sp³-hybridized carbons (Fsp3) is 0.364. The molecule has 16 heavy (non-hydrogen) atoms. The van der Waals surface area contributed by atoms with Gasteiger partial charge in [-0.25, -0.2) is 5.84 Å². The Kier molecular flexibility index (Phi) is 4.60. The number of amidine groups is 1. The molecule has 5 heteroatoms. The van der Waals surface area contributed by atoms with E-state index in [2.05, 4.69) is 10.4 Å². The molecule has 0 aromatic heterocycles. The van der Waals surface area contributed by atoms with E-state index in [1.165, 1.54) is 0 Å². The van der Waals surface area contributed by atoms with Gasteiger partial charge in [-0.2, -0.15) is 0 Å². The summed E-state index contributed by atoms with van der Waals surface area (Å²) in [6.07, 6.45) is 0. The van der Waals surface area contributed by atoms with Crippen LogP contribution in [0.25, 0.3) is 0 Å². The fourth-order valence-corrected chi connectivity index (χ4v) is 1.37. The van der Waals surface area contributed by atoms with Crippen LogP contribution in [-0.2, 0) is 0 Å². The summed E-state index contributed by atoms with van der Waals surface area (Å²) in [6, 6.07) is 5.46. The molecule has 0 atom stereocenters. The highest BCUT2D eigenvalue weighted by atomic mass is 16.5. The largest absolute Gasteiger partial charge is 0.497 e.